The number of rotatable bonds is 9. The Morgan fingerprint density at radius 2 is 1.88 bits per heavy atom. The summed E-state index contributed by atoms with van der Waals surface area (Å²) in [5.41, 5.74) is 2.74. The number of hydrogen-bond donors (Lipinski definition) is 3. The Morgan fingerprint density at radius 3 is 2.56 bits per heavy atom. The molecule has 0 saturated carbocycles. The summed E-state index contributed by atoms with van der Waals surface area (Å²) in [5, 5.41) is 31.3. The summed E-state index contributed by atoms with van der Waals surface area (Å²) in [5.74, 6) is 0.813. The van der Waals surface area contributed by atoms with E-state index in [1.54, 1.807) is 6.07 Å². The van der Waals surface area contributed by atoms with Crippen molar-refractivity contribution in [1.29, 1.82) is 0 Å². The van der Waals surface area contributed by atoms with Crippen molar-refractivity contribution in [3.05, 3.63) is 64.2 Å². The molecule has 2 heterocycles. The van der Waals surface area contributed by atoms with Crippen LogP contribution in [0.4, 0.5) is 0 Å². The average Bonchev–Trinajstić information content (AvgIpc) is 3.36. The Kier molecular flexibility index (Phi) is 8.82. The van der Waals surface area contributed by atoms with Crippen LogP contribution in [0.3, 0.4) is 0 Å². The zero-order chi connectivity index (χ0) is 24.1. The van der Waals surface area contributed by atoms with Crippen molar-refractivity contribution in [2.45, 2.75) is 62.8 Å². The second-order valence-electron chi connectivity index (χ2n) is 8.87. The van der Waals surface area contributed by atoms with E-state index < -0.39 is 37.1 Å². The molecular weight excluding hydrogens is 460 g/mol. The summed E-state index contributed by atoms with van der Waals surface area (Å²) in [6.45, 7) is 3.34. The summed E-state index contributed by atoms with van der Waals surface area (Å²) in [7, 11) is 0. The van der Waals surface area contributed by atoms with Crippen molar-refractivity contribution in [1.82, 2.24) is 0 Å². The fourth-order valence-electron chi connectivity index (χ4n) is 4.41. The zero-order valence-corrected chi connectivity index (χ0v) is 20.1. The predicted octanol–water partition coefficient (Wildman–Crippen LogP) is 3.05. The van der Waals surface area contributed by atoms with Crippen molar-refractivity contribution < 1.29 is 34.3 Å². The van der Waals surface area contributed by atoms with Crippen LogP contribution in [-0.4, -0.2) is 72.3 Å². The minimum Gasteiger partial charge on any atom is -0.488 e. The lowest BCUT2D eigenvalue weighted by atomic mass is 9.90. The Hall–Kier alpha value is -1.71. The highest BCUT2D eigenvalue weighted by molar-refractivity contribution is 6.31. The van der Waals surface area contributed by atoms with Crippen molar-refractivity contribution in [2.24, 2.45) is 0 Å². The molecule has 34 heavy (non-hydrogen) atoms. The highest BCUT2D eigenvalue weighted by Crippen LogP contribution is 2.36. The fraction of sp³-hybridized carbons (Fsp3) is 0.538. The molecule has 2 aliphatic heterocycles. The first-order valence-electron chi connectivity index (χ1n) is 11.9. The maximum absolute atomic E-state index is 10.7. The second-order valence-corrected chi connectivity index (χ2v) is 9.28. The fourth-order valence-corrected chi connectivity index (χ4v) is 4.59. The summed E-state index contributed by atoms with van der Waals surface area (Å²) in [6.07, 6.45) is -2.36. The van der Waals surface area contributed by atoms with Gasteiger partial charge in [-0.2, -0.15) is 0 Å². The van der Waals surface area contributed by atoms with E-state index in [2.05, 4.69) is 0 Å². The van der Waals surface area contributed by atoms with Gasteiger partial charge in [-0.15, -0.1) is 0 Å². The predicted molar refractivity (Wildman–Crippen MR) is 127 cm³/mol. The third-order valence-electron chi connectivity index (χ3n) is 6.29. The third kappa shape index (κ3) is 5.91. The quantitative estimate of drug-likeness (QED) is 0.495. The highest BCUT2D eigenvalue weighted by Gasteiger charge is 2.45. The van der Waals surface area contributed by atoms with Crippen LogP contribution < -0.4 is 4.74 Å². The summed E-state index contributed by atoms with van der Waals surface area (Å²) < 4.78 is 23.1. The van der Waals surface area contributed by atoms with E-state index in [0.29, 0.717) is 24.7 Å². The van der Waals surface area contributed by atoms with E-state index >= 15 is 0 Å². The van der Waals surface area contributed by atoms with Crippen molar-refractivity contribution in [3.63, 3.8) is 0 Å². The van der Waals surface area contributed by atoms with Gasteiger partial charge in [-0.1, -0.05) is 42.8 Å². The Labute approximate surface area is 205 Å². The Morgan fingerprint density at radius 1 is 1.09 bits per heavy atom. The van der Waals surface area contributed by atoms with E-state index in [4.69, 9.17) is 30.5 Å². The standard InChI is InChI=1S/C26H33ClO7/c1-2-10-32-26-24(30)23(29)22(14-28)34-25(26)17-5-8-21(27)18(13-17)12-16-3-6-19(7-4-16)33-20-9-11-31-15-20/h3-8,13,20,22-26,28-30H,2,9-12,14-15H2,1H3/t20-,22+,23+,24-,25-,26+/m0/s1. The number of ether oxygens (including phenoxy) is 4. The molecule has 0 spiro atoms. The maximum atomic E-state index is 10.7. The van der Waals surface area contributed by atoms with Crippen molar-refractivity contribution >= 4 is 11.6 Å². The second kappa shape index (κ2) is 11.8. The monoisotopic (exact) mass is 492 g/mol. The Bertz CT molecular complexity index is 916. The van der Waals surface area contributed by atoms with Gasteiger partial charge in [0.25, 0.3) is 0 Å². The molecule has 0 aliphatic carbocycles. The zero-order valence-electron chi connectivity index (χ0n) is 19.3. The number of aliphatic hydroxyl groups excluding tert-OH is 3. The molecule has 3 N–H and O–H groups in total. The number of aliphatic hydroxyl groups is 3. The molecule has 0 bridgehead atoms. The maximum Gasteiger partial charge on any atom is 0.124 e. The van der Waals surface area contributed by atoms with Gasteiger partial charge in [0.15, 0.2) is 0 Å². The summed E-state index contributed by atoms with van der Waals surface area (Å²) in [4.78, 5) is 0. The molecule has 2 fully saturated rings. The first-order valence-corrected chi connectivity index (χ1v) is 12.2. The lowest BCUT2D eigenvalue weighted by molar-refractivity contribution is -0.244. The number of halogens is 1. The molecule has 7 nitrogen and oxygen atoms in total. The summed E-state index contributed by atoms with van der Waals surface area (Å²) >= 11 is 6.52. The number of benzene rings is 2. The molecule has 0 aromatic heterocycles. The van der Waals surface area contributed by atoms with Gasteiger partial charge in [0.05, 0.1) is 19.8 Å². The third-order valence-corrected chi connectivity index (χ3v) is 6.66. The lowest BCUT2D eigenvalue weighted by Gasteiger charge is -2.42. The largest absolute Gasteiger partial charge is 0.488 e. The Balaban J connectivity index is 1.52. The van der Waals surface area contributed by atoms with Gasteiger partial charge in [-0.05, 0) is 47.7 Å². The van der Waals surface area contributed by atoms with Gasteiger partial charge in [0.2, 0.25) is 0 Å². The minimum absolute atomic E-state index is 0.104. The molecule has 8 heteroatoms. The molecule has 2 aromatic carbocycles. The molecule has 0 unspecified atom stereocenters. The van der Waals surface area contributed by atoms with E-state index in [9.17, 15) is 15.3 Å². The van der Waals surface area contributed by atoms with E-state index in [0.717, 1.165) is 41.9 Å². The molecule has 186 valence electrons. The van der Waals surface area contributed by atoms with Gasteiger partial charge < -0.3 is 34.3 Å². The molecule has 0 amide bonds. The van der Waals surface area contributed by atoms with Crippen molar-refractivity contribution in [3.8, 4) is 5.75 Å². The molecule has 4 rings (SSSR count). The lowest BCUT2D eigenvalue weighted by Crippen LogP contribution is -2.56. The molecule has 6 atom stereocenters. The van der Waals surface area contributed by atoms with Crippen LogP contribution in [0, 0.1) is 0 Å². The average molecular weight is 493 g/mol. The normalized spacial score (nSPS) is 29.3. The van der Waals surface area contributed by atoms with E-state index in [1.807, 2.05) is 43.3 Å². The van der Waals surface area contributed by atoms with Gasteiger partial charge >= 0.3 is 0 Å². The smallest absolute Gasteiger partial charge is 0.124 e. The van der Waals surface area contributed by atoms with Crippen LogP contribution in [-0.2, 0) is 20.6 Å². The highest BCUT2D eigenvalue weighted by atomic mass is 35.5. The van der Waals surface area contributed by atoms with Crippen LogP contribution in [0.5, 0.6) is 5.75 Å². The molecular formula is C26H33ClO7. The van der Waals surface area contributed by atoms with Crippen LogP contribution in [0.2, 0.25) is 5.02 Å². The van der Waals surface area contributed by atoms with Gasteiger partial charge in [-0.3, -0.25) is 0 Å². The summed E-state index contributed by atoms with van der Waals surface area (Å²) in [6, 6.07) is 13.5. The SMILES string of the molecule is CCCO[C@@H]1[C@@H](O)[C@H](O)[C@@H](CO)O[C@H]1c1ccc(Cl)c(Cc2ccc(O[C@H]3CCOC3)cc2)c1. The van der Waals surface area contributed by atoms with Gasteiger partial charge in [0.1, 0.15) is 42.4 Å². The topological polar surface area (TPSA) is 97.6 Å². The molecule has 2 aromatic rings. The van der Waals surface area contributed by atoms with Crippen molar-refractivity contribution in [2.75, 3.05) is 26.4 Å². The van der Waals surface area contributed by atoms with Crippen LogP contribution in [0.1, 0.15) is 42.6 Å². The van der Waals surface area contributed by atoms with Crippen LogP contribution in [0.15, 0.2) is 42.5 Å². The van der Waals surface area contributed by atoms with Crippen LogP contribution >= 0.6 is 11.6 Å². The molecule has 2 saturated heterocycles. The first kappa shape index (κ1) is 25.4. The van der Waals surface area contributed by atoms with E-state index in [1.165, 1.54) is 0 Å². The molecule has 2 aliphatic rings. The minimum atomic E-state index is -1.23. The van der Waals surface area contributed by atoms with E-state index in [-0.39, 0.29) is 6.10 Å². The van der Waals surface area contributed by atoms with Gasteiger partial charge in [-0.25, -0.2) is 0 Å². The van der Waals surface area contributed by atoms with Crippen LogP contribution in [0.25, 0.3) is 0 Å². The first-order chi connectivity index (χ1) is 16.5. The van der Waals surface area contributed by atoms with Gasteiger partial charge in [0, 0.05) is 18.1 Å². The number of hydrogen-bond acceptors (Lipinski definition) is 7. The molecule has 0 radical (unpaired) electrons.